The Bertz CT molecular complexity index is 336. The van der Waals surface area contributed by atoms with Crippen molar-refractivity contribution in [3.05, 3.63) is 20.3 Å². The Morgan fingerprint density at radius 2 is 2.12 bits per heavy atom. The van der Waals surface area contributed by atoms with E-state index in [9.17, 15) is 0 Å². The first-order valence-electron chi connectivity index (χ1n) is 6.68. The average molecular weight is 316 g/mol. The van der Waals surface area contributed by atoms with Crippen LogP contribution < -0.4 is 5.73 Å². The van der Waals surface area contributed by atoms with Crippen molar-refractivity contribution < 1.29 is 0 Å². The van der Waals surface area contributed by atoms with E-state index in [-0.39, 0.29) is 6.04 Å². The fourth-order valence-electron chi connectivity index (χ4n) is 2.70. The third kappa shape index (κ3) is 3.80. The van der Waals surface area contributed by atoms with Gasteiger partial charge >= 0.3 is 0 Å². The van der Waals surface area contributed by atoms with E-state index >= 15 is 0 Å². The molecule has 1 nitrogen and oxygen atoms in total. The summed E-state index contributed by atoms with van der Waals surface area (Å²) in [6.45, 7) is 2.14. The summed E-state index contributed by atoms with van der Waals surface area (Å²) in [7, 11) is 0. The molecule has 1 aliphatic rings. The highest BCUT2D eigenvalue weighted by atomic mass is 79.9. The lowest BCUT2D eigenvalue weighted by Gasteiger charge is -2.22. The van der Waals surface area contributed by atoms with Gasteiger partial charge in [0.15, 0.2) is 0 Å². The molecule has 0 spiro atoms. The highest BCUT2D eigenvalue weighted by Crippen LogP contribution is 2.34. The maximum absolute atomic E-state index is 6.28. The van der Waals surface area contributed by atoms with Crippen molar-refractivity contribution in [2.24, 2.45) is 11.7 Å². The Morgan fingerprint density at radius 3 is 2.71 bits per heavy atom. The third-order valence-corrected chi connectivity index (χ3v) is 6.12. The van der Waals surface area contributed by atoms with Crippen LogP contribution in [-0.4, -0.2) is 0 Å². The van der Waals surface area contributed by atoms with Gasteiger partial charge in [0.25, 0.3) is 0 Å². The fraction of sp³-hybridized carbons (Fsp3) is 0.714. The van der Waals surface area contributed by atoms with Gasteiger partial charge in [-0.05, 0) is 47.7 Å². The van der Waals surface area contributed by atoms with E-state index in [1.54, 1.807) is 0 Å². The molecular weight excluding hydrogens is 294 g/mol. The second kappa shape index (κ2) is 6.35. The largest absolute Gasteiger partial charge is 0.323 e. The molecular formula is C14H22BrNS. The summed E-state index contributed by atoms with van der Waals surface area (Å²) in [6.07, 6.45) is 9.64. The first kappa shape index (κ1) is 13.6. The van der Waals surface area contributed by atoms with Crippen LogP contribution in [0, 0.1) is 12.8 Å². The highest BCUT2D eigenvalue weighted by Gasteiger charge is 2.16. The number of aryl methyl sites for hydroxylation is 1. The van der Waals surface area contributed by atoms with Gasteiger partial charge in [0.1, 0.15) is 0 Å². The minimum atomic E-state index is 0.243. The summed E-state index contributed by atoms with van der Waals surface area (Å²) in [5, 5.41) is 0. The summed E-state index contributed by atoms with van der Waals surface area (Å²) in [5.74, 6) is 0.944. The summed E-state index contributed by atoms with van der Waals surface area (Å²) in [4.78, 5) is 2.68. The van der Waals surface area contributed by atoms with Crippen molar-refractivity contribution in [3.63, 3.8) is 0 Å². The number of hydrogen-bond donors (Lipinski definition) is 1. The van der Waals surface area contributed by atoms with E-state index in [0.717, 1.165) is 12.3 Å². The van der Waals surface area contributed by atoms with Crippen molar-refractivity contribution in [1.29, 1.82) is 0 Å². The average Bonchev–Trinajstić information content (AvgIpc) is 2.68. The quantitative estimate of drug-likeness (QED) is 0.814. The van der Waals surface area contributed by atoms with Crippen LogP contribution in [-0.2, 0) is 0 Å². The van der Waals surface area contributed by atoms with E-state index in [4.69, 9.17) is 5.73 Å². The Balaban J connectivity index is 1.82. The molecule has 17 heavy (non-hydrogen) atoms. The molecule has 3 heteroatoms. The van der Waals surface area contributed by atoms with Gasteiger partial charge in [-0.2, -0.15) is 0 Å². The zero-order chi connectivity index (χ0) is 12.3. The number of nitrogens with two attached hydrogens (primary N) is 1. The van der Waals surface area contributed by atoms with Crippen molar-refractivity contribution in [1.82, 2.24) is 0 Å². The molecule has 0 saturated heterocycles. The van der Waals surface area contributed by atoms with Gasteiger partial charge in [-0.25, -0.2) is 0 Å². The molecule has 1 aromatic rings. The van der Waals surface area contributed by atoms with Crippen LogP contribution in [0.3, 0.4) is 0 Å². The van der Waals surface area contributed by atoms with Gasteiger partial charge in [0.2, 0.25) is 0 Å². The molecule has 2 rings (SSSR count). The fourth-order valence-corrected chi connectivity index (χ4v) is 4.29. The Morgan fingerprint density at radius 1 is 1.41 bits per heavy atom. The van der Waals surface area contributed by atoms with E-state index in [0.29, 0.717) is 0 Å². The molecule has 2 N–H and O–H groups in total. The first-order valence-corrected chi connectivity index (χ1v) is 8.29. The molecule has 1 saturated carbocycles. The molecule has 0 amide bonds. The van der Waals surface area contributed by atoms with Crippen molar-refractivity contribution >= 4 is 27.3 Å². The predicted octanol–water partition coefficient (Wildman–Crippen LogP) is 5.18. The predicted molar refractivity (Wildman–Crippen MR) is 79.5 cm³/mol. The van der Waals surface area contributed by atoms with Gasteiger partial charge < -0.3 is 5.73 Å². The standard InChI is InChI=1S/C14H22BrNS/c1-10-12(15)9-14(17-10)13(16)8-7-11-5-3-2-4-6-11/h9,11,13H,2-8,16H2,1H3. The number of hydrogen-bond acceptors (Lipinski definition) is 2. The van der Waals surface area contributed by atoms with E-state index in [1.165, 1.54) is 52.8 Å². The molecule has 0 aliphatic heterocycles. The maximum Gasteiger partial charge on any atom is 0.0390 e. The Labute approximate surface area is 117 Å². The smallest absolute Gasteiger partial charge is 0.0390 e. The molecule has 0 bridgehead atoms. The first-order chi connectivity index (χ1) is 8.16. The van der Waals surface area contributed by atoms with Crippen molar-refractivity contribution in [2.45, 2.75) is 57.9 Å². The van der Waals surface area contributed by atoms with E-state index in [1.807, 2.05) is 11.3 Å². The van der Waals surface area contributed by atoms with Gasteiger partial charge in [0.05, 0.1) is 0 Å². The van der Waals surface area contributed by atoms with Crippen LogP contribution in [0.1, 0.15) is 60.7 Å². The lowest BCUT2D eigenvalue weighted by atomic mass is 9.85. The number of rotatable bonds is 4. The summed E-state index contributed by atoms with van der Waals surface area (Å²) >= 11 is 5.40. The molecule has 0 radical (unpaired) electrons. The Hall–Kier alpha value is 0.140. The molecule has 1 aliphatic carbocycles. The van der Waals surface area contributed by atoms with Gasteiger partial charge in [0, 0.05) is 20.3 Å². The van der Waals surface area contributed by atoms with Crippen LogP contribution in [0.5, 0.6) is 0 Å². The monoisotopic (exact) mass is 315 g/mol. The van der Waals surface area contributed by atoms with Crippen LogP contribution in [0.4, 0.5) is 0 Å². The van der Waals surface area contributed by atoms with E-state index < -0.39 is 0 Å². The lowest BCUT2D eigenvalue weighted by molar-refractivity contribution is 0.324. The van der Waals surface area contributed by atoms with Crippen LogP contribution in [0.2, 0.25) is 0 Å². The zero-order valence-corrected chi connectivity index (χ0v) is 12.9. The minimum Gasteiger partial charge on any atom is -0.323 e. The maximum atomic E-state index is 6.28. The molecule has 1 unspecified atom stereocenters. The van der Waals surface area contributed by atoms with Crippen molar-refractivity contribution in [3.8, 4) is 0 Å². The summed E-state index contributed by atoms with van der Waals surface area (Å²) in [5.41, 5.74) is 6.28. The van der Waals surface area contributed by atoms with Gasteiger partial charge in [-0.15, -0.1) is 11.3 Å². The molecule has 1 atom stereocenters. The lowest BCUT2D eigenvalue weighted by Crippen LogP contribution is -2.13. The normalized spacial score (nSPS) is 19.5. The molecule has 96 valence electrons. The topological polar surface area (TPSA) is 26.0 Å². The SMILES string of the molecule is Cc1sc(C(N)CCC2CCCCC2)cc1Br. The molecule has 1 aromatic heterocycles. The van der Waals surface area contributed by atoms with Crippen LogP contribution in [0.25, 0.3) is 0 Å². The molecule has 1 fully saturated rings. The zero-order valence-electron chi connectivity index (χ0n) is 10.5. The number of thiophene rings is 1. The molecule has 0 aromatic carbocycles. The third-order valence-electron chi connectivity index (χ3n) is 3.85. The Kier molecular flexibility index (Phi) is 5.07. The van der Waals surface area contributed by atoms with Crippen molar-refractivity contribution in [2.75, 3.05) is 0 Å². The second-order valence-electron chi connectivity index (χ2n) is 5.24. The van der Waals surface area contributed by atoms with Gasteiger partial charge in [-0.3, -0.25) is 0 Å². The van der Waals surface area contributed by atoms with Crippen LogP contribution >= 0.6 is 27.3 Å². The molecule has 1 heterocycles. The van der Waals surface area contributed by atoms with Crippen LogP contribution in [0.15, 0.2) is 10.5 Å². The highest BCUT2D eigenvalue weighted by molar-refractivity contribution is 9.10. The number of halogens is 1. The minimum absolute atomic E-state index is 0.243. The second-order valence-corrected chi connectivity index (χ2v) is 7.38. The van der Waals surface area contributed by atoms with E-state index in [2.05, 4.69) is 28.9 Å². The summed E-state index contributed by atoms with van der Waals surface area (Å²) in [6, 6.07) is 2.44. The van der Waals surface area contributed by atoms with Gasteiger partial charge in [-0.1, -0.05) is 32.1 Å². The summed E-state index contributed by atoms with van der Waals surface area (Å²) < 4.78 is 1.21.